The smallest absolute Gasteiger partial charge is 0.314 e. The second-order valence-corrected chi connectivity index (χ2v) is 9.09. The summed E-state index contributed by atoms with van der Waals surface area (Å²) in [4.78, 5) is 14.1. The van der Waals surface area contributed by atoms with Gasteiger partial charge in [-0.2, -0.15) is 0 Å². The normalized spacial score (nSPS) is 16.2. The summed E-state index contributed by atoms with van der Waals surface area (Å²) in [5.74, 6) is 1.29. The summed E-state index contributed by atoms with van der Waals surface area (Å²) in [7, 11) is -1.38. The minimum atomic E-state index is -3.05. The van der Waals surface area contributed by atoms with Crippen LogP contribution in [0.2, 0.25) is 0 Å². The molecular formula is C18H29N3O4S. The molecule has 0 aromatic heterocycles. The molecule has 0 bridgehead atoms. The Hall–Kier alpha value is -1.80. The van der Waals surface area contributed by atoms with E-state index in [0.29, 0.717) is 12.5 Å². The van der Waals surface area contributed by atoms with E-state index >= 15 is 0 Å². The van der Waals surface area contributed by atoms with Crippen molar-refractivity contribution in [2.24, 2.45) is 5.92 Å². The van der Waals surface area contributed by atoms with Gasteiger partial charge in [-0.3, -0.25) is 4.90 Å². The lowest BCUT2D eigenvalue weighted by Gasteiger charge is -2.32. The van der Waals surface area contributed by atoms with E-state index in [0.717, 1.165) is 44.5 Å². The van der Waals surface area contributed by atoms with Crippen molar-refractivity contribution in [1.82, 2.24) is 15.5 Å². The van der Waals surface area contributed by atoms with Crippen molar-refractivity contribution >= 4 is 15.9 Å². The predicted octanol–water partition coefficient (Wildman–Crippen LogP) is 1.25. The maximum absolute atomic E-state index is 11.7. The topological polar surface area (TPSA) is 87.7 Å². The number of sulfone groups is 1. The SMILES string of the molecule is COc1ccc(CN2CCC(CNC(=O)NCCS(C)(=O)=O)CC2)cc1. The maximum atomic E-state index is 11.7. The summed E-state index contributed by atoms with van der Waals surface area (Å²) in [6.45, 7) is 3.71. The van der Waals surface area contributed by atoms with Crippen molar-refractivity contribution < 1.29 is 17.9 Å². The lowest BCUT2D eigenvalue weighted by Crippen LogP contribution is -2.42. The van der Waals surface area contributed by atoms with Crippen LogP contribution in [0.3, 0.4) is 0 Å². The Morgan fingerprint density at radius 3 is 2.42 bits per heavy atom. The highest BCUT2D eigenvalue weighted by Crippen LogP contribution is 2.19. The number of carbonyl (C=O) groups is 1. The number of hydrogen-bond donors (Lipinski definition) is 2. The minimum absolute atomic E-state index is 0.0375. The van der Waals surface area contributed by atoms with E-state index in [1.165, 1.54) is 5.56 Å². The molecule has 1 aliphatic rings. The van der Waals surface area contributed by atoms with E-state index in [4.69, 9.17) is 4.74 Å². The van der Waals surface area contributed by atoms with Gasteiger partial charge in [-0.1, -0.05) is 12.1 Å². The zero-order valence-corrected chi connectivity index (χ0v) is 16.3. The van der Waals surface area contributed by atoms with Gasteiger partial charge in [0, 0.05) is 25.9 Å². The van der Waals surface area contributed by atoms with Gasteiger partial charge < -0.3 is 15.4 Å². The molecule has 8 heteroatoms. The van der Waals surface area contributed by atoms with Crippen LogP contribution in [0.25, 0.3) is 0 Å². The quantitative estimate of drug-likeness (QED) is 0.705. The maximum Gasteiger partial charge on any atom is 0.314 e. The number of methoxy groups -OCH3 is 1. The third-order valence-corrected chi connectivity index (χ3v) is 5.53. The Balaban J connectivity index is 1.62. The van der Waals surface area contributed by atoms with E-state index < -0.39 is 9.84 Å². The van der Waals surface area contributed by atoms with Crippen molar-refractivity contribution in [3.05, 3.63) is 29.8 Å². The molecule has 0 atom stereocenters. The largest absolute Gasteiger partial charge is 0.497 e. The molecule has 0 unspecified atom stereocenters. The first kappa shape index (κ1) is 20.5. The number of rotatable bonds is 8. The molecule has 1 saturated heterocycles. The average molecular weight is 384 g/mol. The highest BCUT2D eigenvalue weighted by molar-refractivity contribution is 7.90. The molecule has 146 valence electrons. The average Bonchev–Trinajstić information content (AvgIpc) is 2.61. The second-order valence-electron chi connectivity index (χ2n) is 6.83. The molecule has 2 N–H and O–H groups in total. The number of nitrogens with one attached hydrogen (secondary N) is 2. The van der Waals surface area contributed by atoms with E-state index in [2.05, 4.69) is 27.7 Å². The fourth-order valence-electron chi connectivity index (χ4n) is 2.99. The van der Waals surface area contributed by atoms with Gasteiger partial charge in [-0.25, -0.2) is 13.2 Å². The van der Waals surface area contributed by atoms with Crippen molar-refractivity contribution in [2.45, 2.75) is 19.4 Å². The van der Waals surface area contributed by atoms with Crippen molar-refractivity contribution in [2.75, 3.05) is 45.3 Å². The third-order valence-electron chi connectivity index (χ3n) is 4.58. The van der Waals surface area contributed by atoms with Crippen molar-refractivity contribution in [3.63, 3.8) is 0 Å². The Labute approximate surface area is 156 Å². The van der Waals surface area contributed by atoms with Gasteiger partial charge in [0.2, 0.25) is 0 Å². The van der Waals surface area contributed by atoms with Crippen LogP contribution in [0, 0.1) is 5.92 Å². The molecule has 26 heavy (non-hydrogen) atoms. The molecule has 0 radical (unpaired) electrons. The number of nitrogens with zero attached hydrogens (tertiary/aromatic N) is 1. The molecule has 7 nitrogen and oxygen atoms in total. The molecule has 1 aliphatic heterocycles. The number of amides is 2. The molecule has 0 spiro atoms. The molecule has 1 fully saturated rings. The van der Waals surface area contributed by atoms with Crippen LogP contribution in [0.1, 0.15) is 18.4 Å². The molecular weight excluding hydrogens is 354 g/mol. The van der Waals surface area contributed by atoms with E-state index in [-0.39, 0.29) is 18.3 Å². The van der Waals surface area contributed by atoms with Crippen LogP contribution in [0.5, 0.6) is 5.75 Å². The number of piperidine rings is 1. The number of hydrogen-bond acceptors (Lipinski definition) is 5. The van der Waals surface area contributed by atoms with Gasteiger partial charge in [-0.15, -0.1) is 0 Å². The third kappa shape index (κ3) is 7.61. The number of benzene rings is 1. The second kappa shape index (κ2) is 9.78. The Morgan fingerprint density at radius 2 is 1.85 bits per heavy atom. The fourth-order valence-corrected chi connectivity index (χ4v) is 3.46. The van der Waals surface area contributed by atoms with Gasteiger partial charge in [0.05, 0.1) is 12.9 Å². The van der Waals surface area contributed by atoms with Crippen LogP contribution in [-0.2, 0) is 16.4 Å². The summed E-state index contributed by atoms with van der Waals surface area (Å²) in [5.41, 5.74) is 1.27. The summed E-state index contributed by atoms with van der Waals surface area (Å²) in [5, 5.41) is 5.42. The van der Waals surface area contributed by atoms with Crippen molar-refractivity contribution in [1.29, 1.82) is 0 Å². The molecule has 0 aliphatic carbocycles. The van der Waals surface area contributed by atoms with Crippen LogP contribution in [-0.4, -0.2) is 64.6 Å². The molecule has 1 aromatic rings. The van der Waals surface area contributed by atoms with Crippen molar-refractivity contribution in [3.8, 4) is 5.75 Å². The highest BCUT2D eigenvalue weighted by atomic mass is 32.2. The Kier molecular flexibility index (Phi) is 7.71. The van der Waals surface area contributed by atoms with Gasteiger partial charge in [-0.05, 0) is 49.5 Å². The Bertz CT molecular complexity index is 668. The zero-order chi connectivity index (χ0) is 19.0. The zero-order valence-electron chi connectivity index (χ0n) is 15.5. The van der Waals surface area contributed by atoms with Gasteiger partial charge in [0.15, 0.2) is 0 Å². The summed E-state index contributed by atoms with van der Waals surface area (Å²) < 4.78 is 27.2. The van der Waals surface area contributed by atoms with Crippen LogP contribution in [0.15, 0.2) is 24.3 Å². The molecule has 0 saturated carbocycles. The summed E-state index contributed by atoms with van der Waals surface area (Å²) in [6, 6.07) is 7.85. The minimum Gasteiger partial charge on any atom is -0.497 e. The standard InChI is InChI=1S/C18H29N3O4S/c1-25-17-5-3-16(4-6-17)14-21-10-7-15(8-11-21)13-20-18(22)19-9-12-26(2,23)24/h3-6,15H,7-14H2,1-2H3,(H2,19,20,22). The van der Waals surface area contributed by atoms with E-state index in [1.54, 1.807) is 7.11 Å². The van der Waals surface area contributed by atoms with Crippen LogP contribution >= 0.6 is 0 Å². The molecule has 1 heterocycles. The molecule has 1 aromatic carbocycles. The lowest BCUT2D eigenvalue weighted by atomic mass is 9.96. The lowest BCUT2D eigenvalue weighted by molar-refractivity contribution is 0.175. The molecule has 2 rings (SSSR count). The Morgan fingerprint density at radius 1 is 1.19 bits per heavy atom. The number of carbonyl (C=O) groups excluding carboxylic acids is 1. The first-order valence-electron chi connectivity index (χ1n) is 8.90. The van der Waals surface area contributed by atoms with E-state index in [9.17, 15) is 13.2 Å². The van der Waals surface area contributed by atoms with Gasteiger partial charge in [0.1, 0.15) is 15.6 Å². The highest BCUT2D eigenvalue weighted by Gasteiger charge is 2.19. The first-order valence-corrected chi connectivity index (χ1v) is 11.0. The first-order chi connectivity index (χ1) is 12.4. The van der Waals surface area contributed by atoms with E-state index in [1.807, 2.05) is 12.1 Å². The number of urea groups is 1. The number of ether oxygens (including phenoxy) is 1. The summed E-state index contributed by atoms with van der Waals surface area (Å²) >= 11 is 0. The van der Waals surface area contributed by atoms with Gasteiger partial charge >= 0.3 is 6.03 Å². The van der Waals surface area contributed by atoms with Crippen LogP contribution < -0.4 is 15.4 Å². The fraction of sp³-hybridized carbons (Fsp3) is 0.611. The van der Waals surface area contributed by atoms with Gasteiger partial charge in [0.25, 0.3) is 0 Å². The number of likely N-dealkylation sites (tertiary alicyclic amines) is 1. The summed E-state index contributed by atoms with van der Waals surface area (Å²) in [6.07, 6.45) is 3.24. The molecule has 2 amide bonds. The predicted molar refractivity (Wildman–Crippen MR) is 102 cm³/mol. The monoisotopic (exact) mass is 383 g/mol. The van der Waals surface area contributed by atoms with Crippen LogP contribution in [0.4, 0.5) is 4.79 Å².